The fraction of sp³-hybridized carbons (Fsp3) is 0.586. The Hall–Kier alpha value is -3.40. The van der Waals surface area contributed by atoms with Crippen molar-refractivity contribution in [2.45, 2.75) is 57.4 Å². The van der Waals surface area contributed by atoms with Gasteiger partial charge in [0, 0.05) is 44.3 Å². The number of amides is 3. The molecule has 0 radical (unpaired) electrons. The van der Waals surface area contributed by atoms with Gasteiger partial charge >= 0.3 is 6.03 Å². The highest BCUT2D eigenvalue weighted by Gasteiger charge is 2.38. The van der Waals surface area contributed by atoms with Crippen LogP contribution in [0.4, 0.5) is 22.1 Å². The first-order valence-electron chi connectivity index (χ1n) is 14.3. The summed E-state index contributed by atoms with van der Waals surface area (Å²) in [7, 11) is 1.85. The number of primary amides is 1. The summed E-state index contributed by atoms with van der Waals surface area (Å²) in [6, 6.07) is 8.76. The molecule has 0 saturated carbocycles. The summed E-state index contributed by atoms with van der Waals surface area (Å²) in [5.41, 5.74) is 8.15. The standard InChI is InChI=1S/C29H42N8O2/c1-4-20(2)29(11-13-31-14-12-29)21-7-9-22(10-8-21)33-27-25(26(30)38)32-18-24(34-27)36-15-5-6-23(19-36)37-17-16-35(3)28(37)39/h7-10,18,20,23,31H,4-6,11-17,19H2,1-3H3,(H2,30,38)(H,33,34)/t20?,23-/m1/s1. The van der Waals surface area contributed by atoms with E-state index in [9.17, 15) is 9.59 Å². The van der Waals surface area contributed by atoms with Crippen LogP contribution >= 0.6 is 0 Å². The molecule has 3 fully saturated rings. The third kappa shape index (κ3) is 5.39. The fourth-order valence-corrected chi connectivity index (χ4v) is 6.58. The van der Waals surface area contributed by atoms with E-state index in [1.807, 2.05) is 11.9 Å². The van der Waals surface area contributed by atoms with Crippen molar-refractivity contribution in [2.24, 2.45) is 11.7 Å². The number of nitrogens with zero attached hydrogens (tertiary/aromatic N) is 5. The lowest BCUT2D eigenvalue weighted by Gasteiger charge is -2.43. The van der Waals surface area contributed by atoms with Crippen LogP contribution in [0.15, 0.2) is 30.5 Å². The maximum atomic E-state index is 12.6. The van der Waals surface area contributed by atoms with Crippen LogP contribution in [0.2, 0.25) is 0 Å². The Balaban J connectivity index is 1.36. The van der Waals surface area contributed by atoms with Crippen molar-refractivity contribution >= 4 is 29.3 Å². The Kier molecular flexibility index (Phi) is 7.93. The van der Waals surface area contributed by atoms with E-state index < -0.39 is 5.91 Å². The monoisotopic (exact) mass is 534 g/mol. The summed E-state index contributed by atoms with van der Waals surface area (Å²) in [5, 5.41) is 6.82. The molecular formula is C29H42N8O2. The average molecular weight is 535 g/mol. The van der Waals surface area contributed by atoms with Crippen LogP contribution < -0.4 is 21.3 Å². The minimum atomic E-state index is -0.624. The molecule has 0 spiro atoms. The summed E-state index contributed by atoms with van der Waals surface area (Å²) in [5.74, 6) is 0.993. The van der Waals surface area contributed by atoms with E-state index in [0.29, 0.717) is 24.1 Å². The van der Waals surface area contributed by atoms with E-state index in [1.165, 1.54) is 5.56 Å². The Morgan fingerprint density at radius 1 is 1.21 bits per heavy atom. The van der Waals surface area contributed by atoms with Crippen molar-refractivity contribution in [3.8, 4) is 0 Å². The molecule has 5 rings (SSSR count). The number of piperidine rings is 2. The molecule has 3 aliphatic heterocycles. The lowest BCUT2D eigenvalue weighted by Crippen LogP contribution is -2.49. The Labute approximate surface area is 231 Å². The molecule has 10 nitrogen and oxygen atoms in total. The molecule has 4 N–H and O–H groups in total. The third-order valence-corrected chi connectivity index (χ3v) is 9.18. The van der Waals surface area contributed by atoms with Gasteiger partial charge in [0.1, 0.15) is 5.82 Å². The zero-order chi connectivity index (χ0) is 27.6. The van der Waals surface area contributed by atoms with E-state index in [-0.39, 0.29) is 23.2 Å². The summed E-state index contributed by atoms with van der Waals surface area (Å²) in [4.78, 5) is 39.9. The van der Waals surface area contributed by atoms with Gasteiger partial charge < -0.3 is 31.1 Å². The predicted octanol–water partition coefficient (Wildman–Crippen LogP) is 3.32. The Bertz CT molecular complexity index is 1180. The number of likely N-dealkylation sites (N-methyl/N-ethyl adjacent to an activating group) is 1. The number of hydrogen-bond donors (Lipinski definition) is 3. The van der Waals surface area contributed by atoms with Crippen LogP contribution in [0.5, 0.6) is 0 Å². The number of carbonyl (C=O) groups excluding carboxylic acids is 2. The van der Waals surface area contributed by atoms with Crippen molar-refractivity contribution in [3.05, 3.63) is 41.7 Å². The van der Waals surface area contributed by atoms with Crippen LogP contribution in [0, 0.1) is 5.92 Å². The topological polar surface area (TPSA) is 120 Å². The van der Waals surface area contributed by atoms with Gasteiger partial charge in [0.25, 0.3) is 5.91 Å². The van der Waals surface area contributed by atoms with Crippen LogP contribution in [0.25, 0.3) is 0 Å². The lowest BCUT2D eigenvalue weighted by molar-refractivity contribution is 0.0996. The summed E-state index contributed by atoms with van der Waals surface area (Å²) < 4.78 is 0. The third-order valence-electron chi connectivity index (χ3n) is 9.18. The first-order valence-corrected chi connectivity index (χ1v) is 14.3. The lowest BCUT2D eigenvalue weighted by atomic mass is 9.64. The molecule has 4 heterocycles. The van der Waals surface area contributed by atoms with Crippen molar-refractivity contribution < 1.29 is 9.59 Å². The average Bonchev–Trinajstić information content (AvgIpc) is 3.30. The first-order chi connectivity index (χ1) is 18.8. The first kappa shape index (κ1) is 27.2. The second-order valence-corrected chi connectivity index (χ2v) is 11.3. The maximum absolute atomic E-state index is 12.6. The van der Waals surface area contributed by atoms with Crippen molar-refractivity contribution in [2.75, 3.05) is 56.5 Å². The molecule has 0 bridgehead atoms. The number of urea groups is 1. The van der Waals surface area contributed by atoms with E-state index >= 15 is 0 Å². The van der Waals surface area contributed by atoms with E-state index in [4.69, 9.17) is 10.7 Å². The molecule has 2 atom stereocenters. The quantitative estimate of drug-likeness (QED) is 0.475. The molecular weight excluding hydrogens is 492 g/mol. The number of nitrogens with one attached hydrogen (secondary N) is 2. The second kappa shape index (κ2) is 11.4. The summed E-state index contributed by atoms with van der Waals surface area (Å²) in [6.07, 6.45) is 6.93. The predicted molar refractivity (Wildman–Crippen MR) is 153 cm³/mol. The molecule has 3 amide bonds. The molecule has 210 valence electrons. The van der Waals surface area contributed by atoms with Crippen molar-refractivity contribution in [3.63, 3.8) is 0 Å². The highest BCUT2D eigenvalue weighted by atomic mass is 16.2. The van der Waals surface area contributed by atoms with Crippen LogP contribution in [0.3, 0.4) is 0 Å². The smallest absolute Gasteiger partial charge is 0.320 e. The summed E-state index contributed by atoms with van der Waals surface area (Å²) >= 11 is 0. The minimum absolute atomic E-state index is 0.0856. The van der Waals surface area contributed by atoms with E-state index in [0.717, 1.165) is 70.5 Å². The molecule has 2 aromatic rings. The molecule has 1 aromatic heterocycles. The molecule has 1 unspecified atom stereocenters. The van der Waals surface area contributed by atoms with Gasteiger partial charge in [-0.3, -0.25) is 4.79 Å². The fourth-order valence-electron chi connectivity index (χ4n) is 6.58. The zero-order valence-electron chi connectivity index (χ0n) is 23.4. The van der Waals surface area contributed by atoms with Gasteiger partial charge in [0.05, 0.1) is 12.2 Å². The van der Waals surface area contributed by atoms with Crippen molar-refractivity contribution in [1.82, 2.24) is 25.1 Å². The summed E-state index contributed by atoms with van der Waals surface area (Å²) in [6.45, 7) is 9.71. The van der Waals surface area contributed by atoms with Gasteiger partial charge in [-0.15, -0.1) is 0 Å². The maximum Gasteiger partial charge on any atom is 0.320 e. The van der Waals surface area contributed by atoms with Crippen LogP contribution in [-0.2, 0) is 5.41 Å². The molecule has 3 aliphatic rings. The molecule has 3 saturated heterocycles. The minimum Gasteiger partial charge on any atom is -0.364 e. The van der Waals surface area contributed by atoms with Gasteiger partial charge in [-0.1, -0.05) is 32.4 Å². The van der Waals surface area contributed by atoms with Crippen LogP contribution in [-0.4, -0.2) is 84.1 Å². The molecule has 1 aromatic carbocycles. The number of hydrogen-bond acceptors (Lipinski definition) is 7. The van der Waals surface area contributed by atoms with E-state index in [1.54, 1.807) is 11.1 Å². The van der Waals surface area contributed by atoms with Gasteiger partial charge in [-0.05, 0) is 62.4 Å². The number of carbonyl (C=O) groups is 2. The number of aromatic nitrogens is 2. The highest BCUT2D eigenvalue weighted by Crippen LogP contribution is 2.42. The van der Waals surface area contributed by atoms with Crippen LogP contribution in [0.1, 0.15) is 62.0 Å². The second-order valence-electron chi connectivity index (χ2n) is 11.3. The Morgan fingerprint density at radius 3 is 2.59 bits per heavy atom. The molecule has 10 heteroatoms. The SMILES string of the molecule is CCC(C)C1(c2ccc(Nc3nc(N4CCC[C@@H](N5CCN(C)C5=O)C4)cnc3C(N)=O)cc2)CCNCC1. The highest BCUT2D eigenvalue weighted by molar-refractivity contribution is 5.96. The molecule has 39 heavy (non-hydrogen) atoms. The van der Waals surface area contributed by atoms with Gasteiger partial charge in [-0.2, -0.15) is 0 Å². The number of nitrogens with two attached hydrogens (primary N) is 1. The number of benzene rings is 1. The van der Waals surface area contributed by atoms with Gasteiger partial charge in [0.2, 0.25) is 0 Å². The van der Waals surface area contributed by atoms with Crippen molar-refractivity contribution in [1.29, 1.82) is 0 Å². The Morgan fingerprint density at radius 2 is 1.95 bits per heavy atom. The number of anilines is 3. The van der Waals surface area contributed by atoms with Gasteiger partial charge in [-0.25, -0.2) is 14.8 Å². The normalized spacial score (nSPS) is 22.2. The van der Waals surface area contributed by atoms with Gasteiger partial charge in [0.15, 0.2) is 11.5 Å². The largest absolute Gasteiger partial charge is 0.364 e. The number of rotatable bonds is 8. The van der Waals surface area contributed by atoms with E-state index in [2.05, 4.69) is 58.6 Å². The molecule has 0 aliphatic carbocycles. The zero-order valence-corrected chi connectivity index (χ0v) is 23.4.